The number of benzene rings is 2. The number of aromatic nitrogens is 1. The molecule has 2 nitrogen and oxygen atoms in total. The highest BCUT2D eigenvalue weighted by atomic mass is 32.1. The van der Waals surface area contributed by atoms with Gasteiger partial charge in [-0.05, 0) is 36.4 Å². The zero-order valence-corrected chi connectivity index (χ0v) is 11.2. The quantitative estimate of drug-likeness (QED) is 0.722. The largest absolute Gasteiger partial charge is 0.487 e. The Morgan fingerprint density at radius 2 is 1.68 bits per heavy atom. The molecule has 0 bridgehead atoms. The topological polar surface area (TPSA) is 22.1 Å². The fraction of sp³-hybridized carbons (Fsp3) is 0.0625. The fourth-order valence-electron chi connectivity index (χ4n) is 1.89. The van der Waals surface area contributed by atoms with Gasteiger partial charge in [0.05, 0.1) is 11.2 Å². The average Bonchev–Trinajstić information content (AvgIpc) is 2.46. The molecule has 0 atom stereocenters. The SMILES string of the molecule is Sc1ccc(OCc2ccc3ccccc3n2)cc1. The van der Waals surface area contributed by atoms with Crippen LogP contribution in [0.2, 0.25) is 0 Å². The summed E-state index contributed by atoms with van der Waals surface area (Å²) in [5.74, 6) is 0.827. The molecule has 3 aromatic rings. The zero-order chi connectivity index (χ0) is 13.1. The van der Waals surface area contributed by atoms with Crippen molar-refractivity contribution in [2.24, 2.45) is 0 Å². The van der Waals surface area contributed by atoms with Crippen LogP contribution in [0.4, 0.5) is 0 Å². The Labute approximate surface area is 117 Å². The van der Waals surface area contributed by atoms with Crippen LogP contribution >= 0.6 is 12.6 Å². The van der Waals surface area contributed by atoms with Crippen LogP contribution in [-0.4, -0.2) is 4.98 Å². The highest BCUT2D eigenvalue weighted by molar-refractivity contribution is 7.80. The maximum Gasteiger partial charge on any atom is 0.130 e. The predicted octanol–water partition coefficient (Wildman–Crippen LogP) is 4.10. The normalized spacial score (nSPS) is 10.6. The molecular formula is C16H13NOS. The number of hydrogen-bond acceptors (Lipinski definition) is 3. The maximum atomic E-state index is 5.70. The van der Waals surface area contributed by atoms with E-state index in [1.54, 1.807) is 0 Å². The summed E-state index contributed by atoms with van der Waals surface area (Å²) in [5.41, 5.74) is 1.92. The van der Waals surface area contributed by atoms with Crippen molar-refractivity contribution in [3.05, 3.63) is 66.4 Å². The Kier molecular flexibility index (Phi) is 3.38. The second-order valence-corrected chi connectivity index (χ2v) is 4.79. The summed E-state index contributed by atoms with van der Waals surface area (Å²) in [5, 5.41) is 1.14. The molecule has 0 spiro atoms. The minimum Gasteiger partial charge on any atom is -0.487 e. The van der Waals surface area contributed by atoms with E-state index >= 15 is 0 Å². The van der Waals surface area contributed by atoms with Crippen LogP contribution in [0.3, 0.4) is 0 Å². The van der Waals surface area contributed by atoms with E-state index in [0.29, 0.717) is 6.61 Å². The van der Waals surface area contributed by atoms with E-state index in [1.165, 1.54) is 0 Å². The van der Waals surface area contributed by atoms with Gasteiger partial charge in [0.25, 0.3) is 0 Å². The number of para-hydroxylation sites is 1. The number of hydrogen-bond donors (Lipinski definition) is 1. The third-order valence-corrected chi connectivity index (χ3v) is 3.18. The van der Waals surface area contributed by atoms with Crippen LogP contribution in [0.15, 0.2) is 65.6 Å². The van der Waals surface area contributed by atoms with E-state index in [1.807, 2.05) is 48.5 Å². The lowest BCUT2D eigenvalue weighted by Crippen LogP contribution is -1.98. The number of pyridine rings is 1. The van der Waals surface area contributed by atoms with E-state index in [2.05, 4.69) is 29.7 Å². The van der Waals surface area contributed by atoms with E-state index in [4.69, 9.17) is 4.74 Å². The molecule has 0 saturated carbocycles. The molecule has 0 N–H and O–H groups in total. The van der Waals surface area contributed by atoms with Crippen LogP contribution < -0.4 is 4.74 Å². The number of fused-ring (bicyclic) bond motifs is 1. The first kappa shape index (κ1) is 12.1. The lowest BCUT2D eigenvalue weighted by Gasteiger charge is -2.06. The molecule has 0 aliphatic carbocycles. The zero-order valence-electron chi connectivity index (χ0n) is 10.3. The van der Waals surface area contributed by atoms with Gasteiger partial charge in [0.2, 0.25) is 0 Å². The van der Waals surface area contributed by atoms with Gasteiger partial charge < -0.3 is 4.74 Å². The second kappa shape index (κ2) is 5.33. The molecule has 0 aliphatic heterocycles. The molecule has 94 valence electrons. The summed E-state index contributed by atoms with van der Waals surface area (Å²) in [6, 6.07) is 19.8. The van der Waals surface area contributed by atoms with Crippen LogP contribution in [0.25, 0.3) is 10.9 Å². The van der Waals surface area contributed by atoms with Crippen molar-refractivity contribution < 1.29 is 4.74 Å². The second-order valence-electron chi connectivity index (χ2n) is 4.28. The van der Waals surface area contributed by atoms with Crippen molar-refractivity contribution in [2.75, 3.05) is 0 Å². The Hall–Kier alpha value is -2.00. The lowest BCUT2D eigenvalue weighted by molar-refractivity contribution is 0.301. The van der Waals surface area contributed by atoms with Gasteiger partial charge in [-0.3, -0.25) is 0 Å². The van der Waals surface area contributed by atoms with Gasteiger partial charge >= 0.3 is 0 Å². The monoisotopic (exact) mass is 267 g/mol. The first-order chi connectivity index (χ1) is 9.31. The van der Waals surface area contributed by atoms with Gasteiger partial charge in [0, 0.05) is 10.3 Å². The van der Waals surface area contributed by atoms with Crippen LogP contribution in [0, 0.1) is 0 Å². The smallest absolute Gasteiger partial charge is 0.130 e. The van der Waals surface area contributed by atoms with Crippen molar-refractivity contribution in [2.45, 2.75) is 11.5 Å². The van der Waals surface area contributed by atoms with Gasteiger partial charge in [-0.2, -0.15) is 0 Å². The first-order valence-electron chi connectivity index (χ1n) is 6.08. The van der Waals surface area contributed by atoms with Crippen molar-refractivity contribution in [3.63, 3.8) is 0 Å². The first-order valence-corrected chi connectivity index (χ1v) is 6.52. The molecule has 0 saturated heterocycles. The summed E-state index contributed by atoms with van der Waals surface area (Å²) in [7, 11) is 0. The summed E-state index contributed by atoms with van der Waals surface area (Å²) < 4.78 is 5.70. The highest BCUT2D eigenvalue weighted by Crippen LogP contribution is 2.17. The standard InChI is InChI=1S/C16H13NOS/c19-15-9-7-14(8-10-15)18-11-13-6-5-12-3-1-2-4-16(12)17-13/h1-10,19H,11H2. The molecule has 2 aromatic carbocycles. The molecule has 1 aromatic heterocycles. The number of rotatable bonds is 3. The molecule has 0 amide bonds. The van der Waals surface area contributed by atoms with Crippen LogP contribution in [-0.2, 0) is 6.61 Å². The average molecular weight is 267 g/mol. The Bertz CT molecular complexity index is 694. The number of ether oxygens (including phenoxy) is 1. The Morgan fingerprint density at radius 1 is 0.895 bits per heavy atom. The van der Waals surface area contributed by atoms with E-state index < -0.39 is 0 Å². The predicted molar refractivity (Wildman–Crippen MR) is 79.8 cm³/mol. The molecule has 3 heteroatoms. The third kappa shape index (κ3) is 2.88. The van der Waals surface area contributed by atoms with E-state index in [-0.39, 0.29) is 0 Å². The fourth-order valence-corrected chi connectivity index (χ4v) is 2.04. The summed E-state index contributed by atoms with van der Waals surface area (Å²) in [6.07, 6.45) is 0. The van der Waals surface area contributed by atoms with Gasteiger partial charge in [-0.25, -0.2) is 4.98 Å². The van der Waals surface area contributed by atoms with Crippen molar-refractivity contribution in [3.8, 4) is 5.75 Å². The van der Waals surface area contributed by atoms with Crippen molar-refractivity contribution >= 4 is 23.5 Å². The minimum atomic E-state index is 0.469. The van der Waals surface area contributed by atoms with Gasteiger partial charge in [0.1, 0.15) is 12.4 Å². The summed E-state index contributed by atoms with van der Waals surface area (Å²) >= 11 is 4.24. The van der Waals surface area contributed by atoms with E-state index in [9.17, 15) is 0 Å². The molecule has 19 heavy (non-hydrogen) atoms. The Balaban J connectivity index is 1.76. The number of thiol groups is 1. The van der Waals surface area contributed by atoms with Crippen LogP contribution in [0.5, 0.6) is 5.75 Å². The maximum absolute atomic E-state index is 5.70. The molecular weight excluding hydrogens is 254 g/mol. The van der Waals surface area contributed by atoms with Crippen molar-refractivity contribution in [1.82, 2.24) is 4.98 Å². The molecule has 0 aliphatic rings. The minimum absolute atomic E-state index is 0.469. The highest BCUT2D eigenvalue weighted by Gasteiger charge is 1.99. The molecule has 1 heterocycles. The molecule has 0 unspecified atom stereocenters. The van der Waals surface area contributed by atoms with Crippen molar-refractivity contribution in [1.29, 1.82) is 0 Å². The van der Waals surface area contributed by atoms with Gasteiger partial charge in [0.15, 0.2) is 0 Å². The summed E-state index contributed by atoms with van der Waals surface area (Å²) in [6.45, 7) is 0.469. The number of nitrogens with zero attached hydrogens (tertiary/aromatic N) is 1. The van der Waals surface area contributed by atoms with Gasteiger partial charge in [-0.15, -0.1) is 12.6 Å². The molecule has 0 fully saturated rings. The lowest BCUT2D eigenvalue weighted by atomic mass is 10.2. The summed E-state index contributed by atoms with van der Waals surface area (Å²) in [4.78, 5) is 5.49. The molecule has 0 radical (unpaired) electrons. The van der Waals surface area contributed by atoms with Crippen LogP contribution in [0.1, 0.15) is 5.69 Å². The van der Waals surface area contributed by atoms with Gasteiger partial charge in [-0.1, -0.05) is 24.3 Å². The third-order valence-electron chi connectivity index (χ3n) is 2.88. The van der Waals surface area contributed by atoms with E-state index in [0.717, 1.165) is 27.2 Å². The molecule has 3 rings (SSSR count). The Morgan fingerprint density at radius 3 is 2.53 bits per heavy atom.